The number of rotatable bonds is 12. The molecule has 2 atom stereocenters. The average Bonchev–Trinajstić information content (AvgIpc) is 3.11. The molecule has 8 heteroatoms. The van der Waals surface area contributed by atoms with Gasteiger partial charge in [-0.15, -0.1) is 0 Å². The first-order valence-corrected chi connectivity index (χ1v) is 13.1. The Morgan fingerprint density at radius 3 is 2.29 bits per heavy atom. The number of methoxy groups -OCH3 is 4. The van der Waals surface area contributed by atoms with Crippen molar-refractivity contribution in [3.63, 3.8) is 0 Å². The minimum atomic E-state index is -0.983. The number of benzene rings is 2. The summed E-state index contributed by atoms with van der Waals surface area (Å²) in [6, 6.07) is 9.83. The monoisotopic (exact) mass is 528 g/mol. The molecule has 0 aliphatic carbocycles. The highest BCUT2D eigenvalue weighted by molar-refractivity contribution is 5.49. The second-order valence-electron chi connectivity index (χ2n) is 10.2. The molecule has 0 radical (unpaired) electrons. The van der Waals surface area contributed by atoms with E-state index in [1.807, 2.05) is 26.0 Å². The number of aryl methyl sites for hydroxylation is 1. The van der Waals surface area contributed by atoms with Crippen LogP contribution in [-0.2, 0) is 23.2 Å². The molecule has 0 saturated heterocycles. The van der Waals surface area contributed by atoms with Crippen LogP contribution >= 0.6 is 0 Å². The Hall–Kier alpha value is -3.02. The van der Waals surface area contributed by atoms with Crippen LogP contribution in [0.15, 0.2) is 24.3 Å². The van der Waals surface area contributed by atoms with Crippen molar-refractivity contribution >= 4 is 0 Å². The van der Waals surface area contributed by atoms with Gasteiger partial charge in [0.25, 0.3) is 0 Å². The summed E-state index contributed by atoms with van der Waals surface area (Å²) in [4.78, 5) is 2.23. The summed E-state index contributed by atoms with van der Waals surface area (Å²) >= 11 is 0. The number of nitriles is 1. The molecule has 7 nitrogen and oxygen atoms in total. The fourth-order valence-electron chi connectivity index (χ4n) is 5.36. The molecule has 1 aliphatic heterocycles. The molecule has 0 saturated carbocycles. The first-order chi connectivity index (χ1) is 18.2. The van der Waals surface area contributed by atoms with E-state index in [0.29, 0.717) is 30.1 Å². The van der Waals surface area contributed by atoms with Gasteiger partial charge >= 0.3 is 0 Å². The van der Waals surface area contributed by atoms with E-state index < -0.39 is 11.2 Å². The number of hydrogen-bond donors (Lipinski definition) is 0. The summed E-state index contributed by atoms with van der Waals surface area (Å²) < 4.78 is 43.2. The average molecular weight is 529 g/mol. The molecule has 0 aromatic heterocycles. The summed E-state index contributed by atoms with van der Waals surface area (Å²) in [6.45, 7) is 5.99. The summed E-state index contributed by atoms with van der Waals surface area (Å²) in [5, 5.41) is 10.3. The minimum Gasteiger partial charge on any atom is -0.493 e. The van der Waals surface area contributed by atoms with Gasteiger partial charge in [-0.1, -0.05) is 19.9 Å². The van der Waals surface area contributed by atoms with Crippen molar-refractivity contribution in [2.75, 3.05) is 48.6 Å². The maximum atomic E-state index is 15.5. The molecule has 2 unspecified atom stereocenters. The highest BCUT2D eigenvalue weighted by Crippen LogP contribution is 2.43. The van der Waals surface area contributed by atoms with Crippen LogP contribution in [-0.4, -0.2) is 59.6 Å². The van der Waals surface area contributed by atoms with Gasteiger partial charge in [-0.05, 0) is 74.5 Å². The van der Waals surface area contributed by atoms with Gasteiger partial charge in [0.05, 0.1) is 52.6 Å². The normalized spacial score (nSPS) is 16.8. The predicted molar refractivity (Wildman–Crippen MR) is 145 cm³/mol. The SMILES string of the molecule is COc1cc2c(cc1OC)COC(CN(C)CCCC(C#N)(c1ccc(OC)c(OC)c1F)C(C)C)CC2. The molecule has 0 spiro atoms. The van der Waals surface area contributed by atoms with E-state index in [4.69, 9.17) is 23.7 Å². The van der Waals surface area contributed by atoms with Crippen LogP contribution in [0, 0.1) is 23.1 Å². The van der Waals surface area contributed by atoms with Crippen LogP contribution in [0.5, 0.6) is 23.0 Å². The Morgan fingerprint density at radius 2 is 1.71 bits per heavy atom. The molecule has 2 aromatic carbocycles. The zero-order chi connectivity index (χ0) is 27.9. The van der Waals surface area contributed by atoms with E-state index in [1.54, 1.807) is 26.4 Å². The first kappa shape index (κ1) is 29.5. The lowest BCUT2D eigenvalue weighted by molar-refractivity contribution is 0.0196. The number of likely N-dealkylation sites (N-methyl/N-ethyl adjacent to an activating group) is 1. The summed E-state index contributed by atoms with van der Waals surface area (Å²) in [7, 11) is 8.23. The van der Waals surface area contributed by atoms with Gasteiger partial charge in [0.15, 0.2) is 28.8 Å². The van der Waals surface area contributed by atoms with E-state index in [1.165, 1.54) is 19.8 Å². The molecule has 0 N–H and O–H groups in total. The van der Waals surface area contributed by atoms with E-state index in [0.717, 1.165) is 43.7 Å². The van der Waals surface area contributed by atoms with Gasteiger partial charge in [0, 0.05) is 12.1 Å². The van der Waals surface area contributed by atoms with Crippen LogP contribution in [0.1, 0.15) is 49.8 Å². The number of hydrogen-bond acceptors (Lipinski definition) is 7. The van der Waals surface area contributed by atoms with E-state index in [2.05, 4.69) is 18.0 Å². The molecule has 38 heavy (non-hydrogen) atoms. The summed E-state index contributed by atoms with van der Waals surface area (Å²) in [5.74, 6) is 1.16. The number of nitrogens with zero attached hydrogens (tertiary/aromatic N) is 2. The van der Waals surface area contributed by atoms with Crippen molar-refractivity contribution < 1.29 is 28.1 Å². The van der Waals surface area contributed by atoms with Gasteiger partial charge in [-0.2, -0.15) is 5.26 Å². The van der Waals surface area contributed by atoms with Crippen molar-refractivity contribution in [2.45, 2.75) is 57.7 Å². The van der Waals surface area contributed by atoms with Gasteiger partial charge in [0.1, 0.15) is 0 Å². The molecular weight excluding hydrogens is 487 g/mol. The van der Waals surface area contributed by atoms with Crippen LogP contribution in [0.2, 0.25) is 0 Å². The van der Waals surface area contributed by atoms with Crippen molar-refractivity contribution in [3.05, 3.63) is 46.8 Å². The fraction of sp³-hybridized carbons (Fsp3) is 0.567. The lowest BCUT2D eigenvalue weighted by atomic mass is 9.69. The largest absolute Gasteiger partial charge is 0.493 e. The molecule has 208 valence electrons. The predicted octanol–water partition coefficient (Wildman–Crippen LogP) is 5.52. The third-order valence-corrected chi connectivity index (χ3v) is 7.69. The van der Waals surface area contributed by atoms with Crippen molar-refractivity contribution in [2.24, 2.45) is 5.92 Å². The molecule has 2 aromatic rings. The molecule has 0 bridgehead atoms. The zero-order valence-corrected chi connectivity index (χ0v) is 23.7. The molecule has 0 amide bonds. The number of halogens is 1. The van der Waals surface area contributed by atoms with E-state index in [-0.39, 0.29) is 17.8 Å². The third-order valence-electron chi connectivity index (χ3n) is 7.69. The van der Waals surface area contributed by atoms with E-state index in [9.17, 15) is 5.26 Å². The number of ether oxygens (including phenoxy) is 5. The lowest BCUT2D eigenvalue weighted by Crippen LogP contribution is -2.35. The summed E-state index contributed by atoms with van der Waals surface area (Å²) in [5.41, 5.74) is 1.72. The van der Waals surface area contributed by atoms with Crippen LogP contribution in [0.25, 0.3) is 0 Å². The maximum Gasteiger partial charge on any atom is 0.197 e. The summed E-state index contributed by atoms with van der Waals surface area (Å²) in [6.07, 6.45) is 3.14. The molecule has 1 heterocycles. The topological polar surface area (TPSA) is 73.2 Å². The van der Waals surface area contributed by atoms with Gasteiger partial charge < -0.3 is 28.6 Å². The molecule has 3 rings (SSSR count). The second-order valence-corrected chi connectivity index (χ2v) is 10.2. The lowest BCUT2D eigenvalue weighted by Gasteiger charge is -2.33. The van der Waals surface area contributed by atoms with E-state index >= 15 is 4.39 Å². The highest BCUT2D eigenvalue weighted by atomic mass is 19.1. The quantitative estimate of drug-likeness (QED) is 0.359. The Morgan fingerprint density at radius 1 is 1.05 bits per heavy atom. The van der Waals surface area contributed by atoms with Crippen molar-refractivity contribution in [1.82, 2.24) is 4.90 Å². The van der Waals surface area contributed by atoms with Crippen LogP contribution < -0.4 is 18.9 Å². The smallest absolute Gasteiger partial charge is 0.197 e. The van der Waals surface area contributed by atoms with Gasteiger partial charge in [0.2, 0.25) is 0 Å². The Kier molecular flexibility index (Phi) is 10.2. The zero-order valence-electron chi connectivity index (χ0n) is 23.7. The van der Waals surface area contributed by atoms with Crippen molar-refractivity contribution in [3.8, 4) is 29.1 Å². The standard InChI is InChI=1S/C30H41FN2O5/c1-20(2)30(19-32,24-11-12-25(34-4)29(37-7)28(24)31)13-8-14-33(3)17-23-10-9-21-15-26(35-5)27(36-6)16-22(21)18-38-23/h11-12,15-16,20,23H,8-10,13-14,17-18H2,1-7H3. The Labute approximate surface area is 226 Å². The van der Waals surface area contributed by atoms with Crippen LogP contribution in [0.3, 0.4) is 0 Å². The second kappa shape index (κ2) is 13.2. The first-order valence-electron chi connectivity index (χ1n) is 13.1. The molecule has 0 fully saturated rings. The number of fused-ring (bicyclic) bond motifs is 1. The fourth-order valence-corrected chi connectivity index (χ4v) is 5.36. The van der Waals surface area contributed by atoms with Gasteiger partial charge in [-0.3, -0.25) is 0 Å². The molecule has 1 aliphatic rings. The van der Waals surface area contributed by atoms with Gasteiger partial charge in [-0.25, -0.2) is 4.39 Å². The van der Waals surface area contributed by atoms with Crippen LogP contribution in [0.4, 0.5) is 4.39 Å². The maximum absolute atomic E-state index is 15.5. The van der Waals surface area contributed by atoms with Crippen molar-refractivity contribution in [1.29, 1.82) is 5.26 Å². The third kappa shape index (κ3) is 6.16. The minimum absolute atomic E-state index is 0.0316. The Balaban J connectivity index is 1.64. The molecular formula is C30H41FN2O5. The Bertz CT molecular complexity index is 1100. The highest BCUT2D eigenvalue weighted by Gasteiger charge is 2.39.